The third-order valence-corrected chi connectivity index (χ3v) is 7.00. The van der Waals surface area contributed by atoms with Crippen LogP contribution in [-0.2, 0) is 17.8 Å². The van der Waals surface area contributed by atoms with Crippen molar-refractivity contribution in [3.63, 3.8) is 0 Å². The van der Waals surface area contributed by atoms with Gasteiger partial charge in [0.25, 0.3) is 0 Å². The fourth-order valence-corrected chi connectivity index (χ4v) is 5.08. The number of fused-ring (bicyclic) bond motifs is 1. The van der Waals surface area contributed by atoms with Crippen LogP contribution < -0.4 is 14.8 Å². The molecule has 40 heavy (non-hydrogen) atoms. The van der Waals surface area contributed by atoms with Gasteiger partial charge in [-0.05, 0) is 89.2 Å². The first-order chi connectivity index (χ1) is 19.4. The van der Waals surface area contributed by atoms with E-state index in [9.17, 15) is 14.3 Å². The van der Waals surface area contributed by atoms with Gasteiger partial charge in [0.1, 0.15) is 17.8 Å². The Morgan fingerprint density at radius 2 is 1.88 bits per heavy atom. The van der Waals surface area contributed by atoms with Crippen LogP contribution in [0.15, 0.2) is 75.6 Å². The van der Waals surface area contributed by atoms with Gasteiger partial charge in [-0.2, -0.15) is 0 Å². The third kappa shape index (κ3) is 5.36. The van der Waals surface area contributed by atoms with Crippen LogP contribution in [0.3, 0.4) is 0 Å². The quantitative estimate of drug-likeness (QED) is 0.251. The number of oxazole rings is 1. The number of aromatic hydroxyl groups is 1. The lowest BCUT2D eigenvalue weighted by molar-refractivity contribution is -0.123. The Labute approximate surface area is 230 Å². The number of furan rings is 1. The van der Waals surface area contributed by atoms with E-state index in [1.54, 1.807) is 42.8 Å². The maximum Gasteiger partial charge on any atom is 0.227 e. The highest BCUT2D eigenvalue weighted by Gasteiger charge is 2.33. The molecule has 206 valence electrons. The first-order valence-electron chi connectivity index (χ1n) is 12.8. The second-order valence-electron chi connectivity index (χ2n) is 9.37. The summed E-state index contributed by atoms with van der Waals surface area (Å²) in [7, 11) is 2.92. The van der Waals surface area contributed by atoms with E-state index >= 15 is 0 Å². The number of halogens is 1. The largest absolute Gasteiger partial charge is 0.502 e. The molecule has 2 heterocycles. The highest BCUT2D eigenvalue weighted by Crippen LogP contribution is 2.47. The Balaban J connectivity index is 1.59. The minimum atomic E-state index is -0.628. The molecule has 0 aliphatic heterocycles. The number of nitrogens with zero attached hydrogens (tertiary/aromatic N) is 1. The van der Waals surface area contributed by atoms with Crippen LogP contribution in [0.5, 0.6) is 17.2 Å². The predicted octanol–water partition coefficient (Wildman–Crippen LogP) is 6.02. The molecule has 2 N–H and O–H groups in total. The minimum Gasteiger partial charge on any atom is -0.502 e. The fourth-order valence-electron chi connectivity index (χ4n) is 5.08. The number of aromatic nitrogens is 1. The van der Waals surface area contributed by atoms with Crippen molar-refractivity contribution in [2.45, 2.75) is 26.3 Å². The summed E-state index contributed by atoms with van der Waals surface area (Å²) in [5.41, 5.74) is 4.52. The molecule has 2 aromatic carbocycles. The number of allylic oxidation sites excluding steroid dienone is 2. The molecule has 0 saturated carbocycles. The summed E-state index contributed by atoms with van der Waals surface area (Å²) in [5, 5.41) is 13.3. The number of aryl methyl sites for hydroxylation is 1. The SMILES string of the molecule is COc1cc(/C=C2/C(C)=C(C(CCc3ncco3)C(=O)NCc3ccco3)c3cc(F)ccc32)cc(OC)c1O. The van der Waals surface area contributed by atoms with Crippen molar-refractivity contribution in [2.24, 2.45) is 5.92 Å². The second kappa shape index (κ2) is 11.5. The van der Waals surface area contributed by atoms with Crippen molar-refractivity contribution < 1.29 is 32.6 Å². The number of benzene rings is 2. The van der Waals surface area contributed by atoms with Gasteiger partial charge < -0.3 is 28.7 Å². The van der Waals surface area contributed by atoms with Gasteiger partial charge in [-0.3, -0.25) is 4.79 Å². The number of carbonyl (C=O) groups excluding carboxylic acids is 1. The molecule has 0 spiro atoms. The predicted molar refractivity (Wildman–Crippen MR) is 147 cm³/mol. The van der Waals surface area contributed by atoms with E-state index in [0.717, 1.165) is 22.3 Å². The smallest absolute Gasteiger partial charge is 0.227 e. The number of ether oxygens (including phenoxy) is 2. The molecule has 1 atom stereocenters. The van der Waals surface area contributed by atoms with E-state index in [4.69, 9.17) is 18.3 Å². The first kappa shape index (κ1) is 26.8. The first-order valence-corrected chi connectivity index (χ1v) is 12.8. The molecule has 4 aromatic rings. The molecule has 1 aliphatic rings. The van der Waals surface area contributed by atoms with Crippen molar-refractivity contribution in [3.8, 4) is 17.2 Å². The van der Waals surface area contributed by atoms with Crippen LogP contribution in [0.25, 0.3) is 17.2 Å². The van der Waals surface area contributed by atoms with Gasteiger partial charge in [0.15, 0.2) is 17.4 Å². The second-order valence-corrected chi connectivity index (χ2v) is 9.37. The van der Waals surface area contributed by atoms with Crippen LogP contribution in [0.1, 0.15) is 41.7 Å². The van der Waals surface area contributed by atoms with Gasteiger partial charge >= 0.3 is 0 Å². The number of methoxy groups -OCH3 is 2. The summed E-state index contributed by atoms with van der Waals surface area (Å²) in [5.74, 6) is 0.296. The molecule has 9 heteroatoms. The zero-order valence-corrected chi connectivity index (χ0v) is 22.4. The van der Waals surface area contributed by atoms with Gasteiger partial charge in [0.05, 0.1) is 39.1 Å². The lowest BCUT2D eigenvalue weighted by Crippen LogP contribution is -2.31. The molecule has 1 amide bonds. The molecule has 8 nitrogen and oxygen atoms in total. The van der Waals surface area contributed by atoms with E-state index < -0.39 is 11.7 Å². The molecule has 1 aliphatic carbocycles. The summed E-state index contributed by atoms with van der Waals surface area (Å²) in [6, 6.07) is 11.5. The molecule has 2 aromatic heterocycles. The molecule has 0 saturated heterocycles. The lowest BCUT2D eigenvalue weighted by atomic mass is 9.87. The molecule has 0 fully saturated rings. The minimum absolute atomic E-state index is 0.103. The van der Waals surface area contributed by atoms with Gasteiger partial charge in [-0.1, -0.05) is 6.07 Å². The van der Waals surface area contributed by atoms with Crippen LogP contribution in [0, 0.1) is 11.7 Å². The molecule has 0 radical (unpaired) electrons. The number of hydrogen-bond donors (Lipinski definition) is 2. The summed E-state index contributed by atoms with van der Waals surface area (Å²) in [6.07, 6.45) is 7.32. The molecular weight excluding hydrogens is 515 g/mol. The maximum absolute atomic E-state index is 14.6. The van der Waals surface area contributed by atoms with E-state index in [-0.39, 0.29) is 29.7 Å². The highest BCUT2D eigenvalue weighted by molar-refractivity contribution is 6.09. The maximum atomic E-state index is 14.6. The molecular formula is C31H29FN2O6. The van der Waals surface area contributed by atoms with Crippen molar-refractivity contribution in [1.82, 2.24) is 10.3 Å². The monoisotopic (exact) mass is 544 g/mol. The van der Waals surface area contributed by atoms with Gasteiger partial charge in [0.2, 0.25) is 11.7 Å². The summed E-state index contributed by atoms with van der Waals surface area (Å²) in [6.45, 7) is 2.14. The zero-order chi connectivity index (χ0) is 28.2. The summed E-state index contributed by atoms with van der Waals surface area (Å²) < 4.78 is 36.1. The van der Waals surface area contributed by atoms with Gasteiger partial charge in [0, 0.05) is 6.42 Å². The Bertz CT molecular complexity index is 1550. The Kier molecular flexibility index (Phi) is 7.72. The third-order valence-electron chi connectivity index (χ3n) is 7.00. The fraction of sp³-hybridized carbons (Fsp3) is 0.226. The van der Waals surface area contributed by atoms with Crippen molar-refractivity contribution in [2.75, 3.05) is 14.2 Å². The van der Waals surface area contributed by atoms with Crippen molar-refractivity contribution in [3.05, 3.63) is 101 Å². The summed E-state index contributed by atoms with van der Waals surface area (Å²) >= 11 is 0. The van der Waals surface area contributed by atoms with E-state index in [2.05, 4.69) is 10.3 Å². The van der Waals surface area contributed by atoms with Crippen molar-refractivity contribution >= 4 is 23.1 Å². The average molecular weight is 545 g/mol. The zero-order valence-electron chi connectivity index (χ0n) is 22.4. The number of rotatable bonds is 10. The number of hydrogen-bond acceptors (Lipinski definition) is 7. The van der Waals surface area contributed by atoms with Crippen molar-refractivity contribution in [1.29, 1.82) is 0 Å². The van der Waals surface area contributed by atoms with Crippen LogP contribution in [-0.4, -0.2) is 30.2 Å². The standard InChI is InChI=1S/C31H29FN2O6/c1-18-24(13-19-14-26(37-2)30(35)27(15-19)38-3)22-7-6-20(32)16-25(22)29(18)23(8-9-28-33-10-12-40-28)31(36)34-17-21-5-4-11-39-21/h4-7,10-16,23,35H,8-9,17H2,1-3H3,(H,34,36)/b24-13-. The Morgan fingerprint density at radius 1 is 1.10 bits per heavy atom. The van der Waals surface area contributed by atoms with Gasteiger partial charge in [-0.15, -0.1) is 0 Å². The normalized spacial score (nSPS) is 14.3. The highest BCUT2D eigenvalue weighted by atomic mass is 19.1. The summed E-state index contributed by atoms with van der Waals surface area (Å²) in [4.78, 5) is 17.9. The Morgan fingerprint density at radius 3 is 2.52 bits per heavy atom. The van der Waals surface area contributed by atoms with Gasteiger partial charge in [-0.25, -0.2) is 9.37 Å². The van der Waals surface area contributed by atoms with Crippen LogP contribution >= 0.6 is 0 Å². The number of amides is 1. The number of carbonyl (C=O) groups is 1. The van der Waals surface area contributed by atoms with Crippen LogP contribution in [0.4, 0.5) is 4.39 Å². The average Bonchev–Trinajstić information content (AvgIpc) is 3.72. The molecule has 1 unspecified atom stereocenters. The topological polar surface area (TPSA) is 107 Å². The number of phenols is 1. The number of phenolic OH excluding ortho intramolecular Hbond substituents is 1. The van der Waals surface area contributed by atoms with Crippen LogP contribution in [0.2, 0.25) is 0 Å². The Hall–Kier alpha value is -4.79. The molecule has 5 rings (SSSR count). The van der Waals surface area contributed by atoms with E-state index in [1.807, 2.05) is 13.0 Å². The lowest BCUT2D eigenvalue weighted by Gasteiger charge is -2.20. The van der Waals surface area contributed by atoms with E-state index in [0.29, 0.717) is 35.6 Å². The molecule has 0 bridgehead atoms. The van der Waals surface area contributed by atoms with E-state index in [1.165, 1.54) is 32.6 Å². The number of nitrogens with one attached hydrogen (secondary N) is 1.